The highest BCUT2D eigenvalue weighted by Gasteiger charge is 2.68. The van der Waals surface area contributed by atoms with Crippen LogP contribution in [0.25, 0.3) is 0 Å². The number of carbonyl (C=O) groups excluding carboxylic acids is 2. The molecule has 0 N–H and O–H groups in total. The Bertz CT molecular complexity index is 1320. The van der Waals surface area contributed by atoms with Crippen LogP contribution >= 0.6 is 11.6 Å². The van der Waals surface area contributed by atoms with E-state index >= 15 is 0 Å². The van der Waals surface area contributed by atoms with Crippen LogP contribution in [0, 0.1) is 28.9 Å². The number of imide groups is 1. The van der Waals surface area contributed by atoms with Gasteiger partial charge in [-0.25, -0.2) is 4.90 Å². The van der Waals surface area contributed by atoms with Gasteiger partial charge in [-0.1, -0.05) is 54.6 Å². The summed E-state index contributed by atoms with van der Waals surface area (Å²) in [4.78, 5) is 38.4. The van der Waals surface area contributed by atoms with Crippen LogP contribution in [0.1, 0.15) is 33.7 Å². The molecule has 7 heteroatoms. The van der Waals surface area contributed by atoms with E-state index < -0.39 is 27.5 Å². The number of hydrogen-bond acceptors (Lipinski definition) is 4. The van der Waals surface area contributed by atoms with Crippen LogP contribution in [0.5, 0.6) is 0 Å². The van der Waals surface area contributed by atoms with Gasteiger partial charge in [0.2, 0.25) is 11.8 Å². The zero-order chi connectivity index (χ0) is 22.4. The average Bonchev–Trinajstić information content (AvgIpc) is 3.06. The van der Waals surface area contributed by atoms with Gasteiger partial charge in [-0.15, -0.1) is 11.6 Å². The Hall–Kier alpha value is -3.51. The number of halogens is 1. The van der Waals surface area contributed by atoms with Gasteiger partial charge in [0, 0.05) is 18.1 Å². The predicted octanol–water partition coefficient (Wildman–Crippen LogP) is 4.65. The lowest BCUT2D eigenvalue weighted by molar-refractivity contribution is -0.384. The van der Waals surface area contributed by atoms with E-state index in [0.717, 1.165) is 27.2 Å². The lowest BCUT2D eigenvalue weighted by Crippen LogP contribution is -2.50. The molecule has 1 aliphatic heterocycles. The van der Waals surface area contributed by atoms with Crippen molar-refractivity contribution in [3.05, 3.63) is 105 Å². The smallest absolute Gasteiger partial charge is 0.271 e. The van der Waals surface area contributed by atoms with E-state index in [0.29, 0.717) is 5.56 Å². The van der Waals surface area contributed by atoms with Crippen molar-refractivity contribution >= 4 is 34.8 Å². The van der Waals surface area contributed by atoms with Crippen LogP contribution in [-0.4, -0.2) is 16.7 Å². The predicted molar refractivity (Wildman–Crippen MR) is 119 cm³/mol. The molecule has 2 atom stereocenters. The Kier molecular flexibility index (Phi) is 3.76. The molecule has 0 saturated carbocycles. The molecule has 3 aromatic rings. The summed E-state index contributed by atoms with van der Waals surface area (Å²) in [7, 11) is 0. The Morgan fingerprint density at radius 2 is 1.53 bits per heavy atom. The van der Waals surface area contributed by atoms with E-state index in [9.17, 15) is 19.7 Å². The topological polar surface area (TPSA) is 80.5 Å². The molecule has 2 amide bonds. The number of carbonyl (C=O) groups is 2. The molecule has 0 unspecified atom stereocenters. The van der Waals surface area contributed by atoms with Gasteiger partial charge < -0.3 is 0 Å². The van der Waals surface area contributed by atoms with Crippen LogP contribution in [0.2, 0.25) is 0 Å². The molecule has 32 heavy (non-hydrogen) atoms. The van der Waals surface area contributed by atoms with Crippen LogP contribution < -0.4 is 4.90 Å². The van der Waals surface area contributed by atoms with Crippen molar-refractivity contribution in [2.75, 3.05) is 4.90 Å². The van der Waals surface area contributed by atoms with Gasteiger partial charge in [-0.3, -0.25) is 19.7 Å². The molecule has 0 spiro atoms. The minimum absolute atomic E-state index is 0.170. The Balaban J connectivity index is 1.60. The fourth-order valence-electron chi connectivity index (χ4n) is 5.87. The maximum Gasteiger partial charge on any atom is 0.271 e. The molecule has 3 aromatic carbocycles. The quantitative estimate of drug-likeness (QED) is 0.249. The molecule has 3 aliphatic carbocycles. The van der Waals surface area contributed by atoms with Gasteiger partial charge in [0.25, 0.3) is 5.69 Å². The van der Waals surface area contributed by atoms with Gasteiger partial charge in [-0.05, 0) is 34.7 Å². The molecule has 1 fully saturated rings. The number of non-ortho nitro benzene ring substituents is 1. The number of benzene rings is 3. The molecule has 6 nitrogen and oxygen atoms in total. The van der Waals surface area contributed by atoms with Crippen LogP contribution in [-0.2, 0) is 14.5 Å². The summed E-state index contributed by atoms with van der Waals surface area (Å²) in [5, 5.41) is 11.4. The first-order valence-corrected chi connectivity index (χ1v) is 10.7. The van der Waals surface area contributed by atoms with E-state index in [1.807, 2.05) is 48.5 Å². The first-order valence-electron chi connectivity index (χ1n) is 10.4. The third-order valence-corrected chi connectivity index (χ3v) is 7.80. The van der Waals surface area contributed by atoms with Crippen LogP contribution in [0.4, 0.5) is 11.4 Å². The van der Waals surface area contributed by atoms with Gasteiger partial charge in [-0.2, -0.15) is 0 Å². The summed E-state index contributed by atoms with van der Waals surface area (Å²) in [5.41, 5.74) is 4.31. The van der Waals surface area contributed by atoms with E-state index in [4.69, 9.17) is 11.6 Å². The fourth-order valence-corrected chi connectivity index (χ4v) is 6.44. The molecule has 0 radical (unpaired) electrons. The number of nitro groups is 1. The third-order valence-electron chi connectivity index (χ3n) is 7.16. The molecule has 158 valence electrons. The molecule has 1 heterocycles. The molecule has 7 rings (SSSR count). The highest BCUT2D eigenvalue weighted by molar-refractivity contribution is 6.33. The summed E-state index contributed by atoms with van der Waals surface area (Å²) >= 11 is 7.39. The van der Waals surface area contributed by atoms with Gasteiger partial charge in [0.1, 0.15) is 4.87 Å². The molecule has 2 bridgehead atoms. The minimum Gasteiger partial charge on any atom is -0.274 e. The maximum absolute atomic E-state index is 13.8. The number of aryl methyl sites for hydroxylation is 1. The lowest BCUT2D eigenvalue weighted by Gasteiger charge is -2.50. The fraction of sp³-hybridized carbons (Fsp3) is 0.200. The molecular formula is C25H17ClN2O4. The van der Waals surface area contributed by atoms with E-state index in [1.54, 1.807) is 13.0 Å². The van der Waals surface area contributed by atoms with E-state index in [-0.39, 0.29) is 23.2 Å². The van der Waals surface area contributed by atoms with E-state index in [2.05, 4.69) is 0 Å². The van der Waals surface area contributed by atoms with Crippen molar-refractivity contribution in [3.8, 4) is 0 Å². The summed E-state index contributed by atoms with van der Waals surface area (Å²) in [6, 6.07) is 19.7. The molecule has 4 aliphatic rings. The number of nitro benzene ring substituents is 1. The number of hydrogen-bond donors (Lipinski definition) is 0. The van der Waals surface area contributed by atoms with Crippen molar-refractivity contribution in [1.29, 1.82) is 0 Å². The summed E-state index contributed by atoms with van der Waals surface area (Å²) < 4.78 is 0. The first kappa shape index (κ1) is 19.2. The summed E-state index contributed by atoms with van der Waals surface area (Å²) in [6.07, 6.45) is 0. The van der Waals surface area contributed by atoms with Crippen molar-refractivity contribution in [2.45, 2.75) is 17.7 Å². The third kappa shape index (κ3) is 2.15. The van der Waals surface area contributed by atoms with E-state index in [1.165, 1.54) is 12.1 Å². The maximum atomic E-state index is 13.8. The highest BCUT2D eigenvalue weighted by atomic mass is 35.5. The Labute approximate surface area is 188 Å². The SMILES string of the molecule is Cc1ccc([N+](=O)[O-])cc1N1C(=O)[C@@H]2C3c4ccccc4C(Cl)(c4ccccc43)[C@H]2C1=O. The second-order valence-electron chi connectivity index (χ2n) is 8.61. The van der Waals surface area contributed by atoms with Gasteiger partial charge in [0.05, 0.1) is 22.4 Å². The number of nitrogens with zero attached hydrogens (tertiary/aromatic N) is 2. The first-order chi connectivity index (χ1) is 15.4. The van der Waals surface area contributed by atoms with Gasteiger partial charge in [0.15, 0.2) is 0 Å². The molecule has 1 saturated heterocycles. The number of amides is 2. The van der Waals surface area contributed by atoms with Crippen LogP contribution in [0.3, 0.4) is 0 Å². The monoisotopic (exact) mass is 444 g/mol. The normalized spacial score (nSPS) is 27.2. The zero-order valence-electron chi connectivity index (χ0n) is 17.0. The van der Waals surface area contributed by atoms with Crippen molar-refractivity contribution in [1.82, 2.24) is 0 Å². The summed E-state index contributed by atoms with van der Waals surface area (Å²) in [5.74, 6) is -2.52. The highest BCUT2D eigenvalue weighted by Crippen LogP contribution is 2.66. The minimum atomic E-state index is -1.18. The second kappa shape index (κ2) is 6.26. The summed E-state index contributed by atoms with van der Waals surface area (Å²) in [6.45, 7) is 1.73. The molecule has 0 aromatic heterocycles. The second-order valence-corrected chi connectivity index (χ2v) is 9.20. The zero-order valence-corrected chi connectivity index (χ0v) is 17.7. The van der Waals surface area contributed by atoms with Crippen molar-refractivity contribution in [3.63, 3.8) is 0 Å². The lowest BCUT2D eigenvalue weighted by atomic mass is 9.54. The number of alkyl halides is 1. The molecular weight excluding hydrogens is 428 g/mol. The Morgan fingerprint density at radius 1 is 0.938 bits per heavy atom. The number of rotatable bonds is 2. The van der Waals surface area contributed by atoms with Gasteiger partial charge >= 0.3 is 0 Å². The van der Waals surface area contributed by atoms with Crippen LogP contribution in [0.15, 0.2) is 66.7 Å². The van der Waals surface area contributed by atoms with Crippen molar-refractivity contribution < 1.29 is 14.5 Å². The largest absolute Gasteiger partial charge is 0.274 e. The number of anilines is 1. The average molecular weight is 445 g/mol. The standard InChI is InChI=1S/C25H17ClN2O4/c1-13-10-11-14(28(31)32)12-19(13)27-23(29)21-20-15-6-2-4-8-17(15)25(26,22(21)24(27)30)18-9-5-3-7-16(18)20/h2-12,20-22H,1H3/t20?,21-,22-,25?/m1/s1. The van der Waals surface area contributed by atoms with Crippen molar-refractivity contribution in [2.24, 2.45) is 11.8 Å². The Morgan fingerprint density at radius 3 is 2.12 bits per heavy atom.